The molecule has 0 saturated heterocycles. The lowest BCUT2D eigenvalue weighted by Crippen LogP contribution is -2.47. The van der Waals surface area contributed by atoms with Crippen LogP contribution in [0.1, 0.15) is 33.1 Å². The van der Waals surface area contributed by atoms with Gasteiger partial charge in [0, 0.05) is 5.54 Å². The van der Waals surface area contributed by atoms with Crippen LogP contribution in [0.4, 0.5) is 0 Å². The average molecular weight is 125 g/mol. The molecule has 0 aromatic rings. The van der Waals surface area contributed by atoms with Crippen LogP contribution in [0.3, 0.4) is 0 Å². The molecule has 0 aliphatic heterocycles. The van der Waals surface area contributed by atoms with E-state index >= 15 is 0 Å². The average Bonchev–Trinajstić information content (AvgIpc) is 1.81. The van der Waals surface area contributed by atoms with Crippen molar-refractivity contribution in [1.29, 1.82) is 0 Å². The molecule has 0 heterocycles. The molecule has 1 aliphatic carbocycles. The van der Waals surface area contributed by atoms with E-state index in [1.54, 1.807) is 0 Å². The molecule has 0 unspecified atom stereocenters. The Labute approximate surface area is 56.9 Å². The molecule has 0 radical (unpaired) electrons. The van der Waals surface area contributed by atoms with Gasteiger partial charge in [0.05, 0.1) is 0 Å². The van der Waals surface area contributed by atoms with Crippen molar-refractivity contribution < 1.29 is 0 Å². The molecule has 0 spiro atoms. The lowest BCUT2D eigenvalue weighted by atomic mass is 9.73. The van der Waals surface area contributed by atoms with E-state index in [2.05, 4.69) is 19.9 Å². The van der Waals surface area contributed by atoms with Crippen LogP contribution in [0.15, 0.2) is 11.6 Å². The normalized spacial score (nSPS) is 25.4. The summed E-state index contributed by atoms with van der Waals surface area (Å²) in [5.74, 6) is 0. The van der Waals surface area contributed by atoms with E-state index in [0.29, 0.717) is 0 Å². The highest BCUT2D eigenvalue weighted by Gasteiger charge is 2.33. The molecule has 9 heavy (non-hydrogen) atoms. The van der Waals surface area contributed by atoms with E-state index in [9.17, 15) is 0 Å². The van der Waals surface area contributed by atoms with Crippen molar-refractivity contribution >= 4 is 0 Å². The van der Waals surface area contributed by atoms with Crippen molar-refractivity contribution in [1.82, 2.24) is 0 Å². The number of hydrogen-bond donors (Lipinski definition) is 1. The van der Waals surface area contributed by atoms with Crippen LogP contribution < -0.4 is 5.73 Å². The van der Waals surface area contributed by atoms with Gasteiger partial charge in [0.25, 0.3) is 0 Å². The van der Waals surface area contributed by atoms with Gasteiger partial charge in [-0.05, 0) is 33.1 Å². The maximum Gasteiger partial charge on any atom is 0.0366 e. The Bertz CT molecular complexity index is 132. The fraction of sp³-hybridized carbons (Fsp3) is 0.750. The Kier molecular flexibility index (Phi) is 1.62. The van der Waals surface area contributed by atoms with Crippen LogP contribution in [0, 0.1) is 0 Å². The van der Waals surface area contributed by atoms with Crippen molar-refractivity contribution in [2.45, 2.75) is 38.6 Å². The molecule has 1 aliphatic rings. The standard InChI is InChI=1S/C8H15N/c1-3-7(2)8(9)5-4-6-8/h3H,4-6,9H2,1-2H3. The van der Waals surface area contributed by atoms with Crippen molar-refractivity contribution in [3.63, 3.8) is 0 Å². The van der Waals surface area contributed by atoms with Gasteiger partial charge in [0.2, 0.25) is 0 Å². The summed E-state index contributed by atoms with van der Waals surface area (Å²) in [5, 5.41) is 0. The van der Waals surface area contributed by atoms with E-state index in [-0.39, 0.29) is 5.54 Å². The third-order valence-corrected chi connectivity index (χ3v) is 2.46. The highest BCUT2D eigenvalue weighted by atomic mass is 14.8. The van der Waals surface area contributed by atoms with E-state index in [0.717, 1.165) is 0 Å². The second kappa shape index (κ2) is 2.14. The minimum absolute atomic E-state index is 0.0920. The molecule has 52 valence electrons. The summed E-state index contributed by atoms with van der Waals surface area (Å²) < 4.78 is 0. The fourth-order valence-electron chi connectivity index (χ4n) is 1.24. The van der Waals surface area contributed by atoms with Gasteiger partial charge in [-0.2, -0.15) is 0 Å². The van der Waals surface area contributed by atoms with Crippen LogP contribution in [-0.2, 0) is 0 Å². The monoisotopic (exact) mass is 125 g/mol. The second-order valence-electron chi connectivity index (χ2n) is 2.98. The lowest BCUT2D eigenvalue weighted by molar-refractivity contribution is 0.298. The Morgan fingerprint density at radius 1 is 1.56 bits per heavy atom. The van der Waals surface area contributed by atoms with Crippen LogP contribution in [0.5, 0.6) is 0 Å². The van der Waals surface area contributed by atoms with Crippen LogP contribution in [-0.4, -0.2) is 5.54 Å². The molecule has 1 saturated carbocycles. The van der Waals surface area contributed by atoms with Crippen molar-refractivity contribution in [3.8, 4) is 0 Å². The molecule has 0 atom stereocenters. The summed E-state index contributed by atoms with van der Waals surface area (Å²) in [4.78, 5) is 0. The zero-order chi connectivity index (χ0) is 6.91. The maximum atomic E-state index is 5.99. The molecule has 1 fully saturated rings. The Morgan fingerprint density at radius 3 is 2.22 bits per heavy atom. The first-order valence-corrected chi connectivity index (χ1v) is 3.61. The molecular formula is C8H15N. The van der Waals surface area contributed by atoms with Gasteiger partial charge in [0.1, 0.15) is 0 Å². The fourth-order valence-corrected chi connectivity index (χ4v) is 1.24. The summed E-state index contributed by atoms with van der Waals surface area (Å²) in [5.41, 5.74) is 7.44. The predicted octanol–water partition coefficient (Wildman–Crippen LogP) is 1.83. The number of allylic oxidation sites excluding steroid dienone is 1. The summed E-state index contributed by atoms with van der Waals surface area (Å²) in [7, 11) is 0. The van der Waals surface area contributed by atoms with Gasteiger partial charge < -0.3 is 5.73 Å². The van der Waals surface area contributed by atoms with Gasteiger partial charge in [0.15, 0.2) is 0 Å². The highest BCUT2D eigenvalue weighted by molar-refractivity contribution is 5.19. The second-order valence-corrected chi connectivity index (χ2v) is 2.98. The SMILES string of the molecule is CC=C(C)C1(N)CCC1. The molecule has 0 amide bonds. The highest BCUT2D eigenvalue weighted by Crippen LogP contribution is 2.34. The smallest absolute Gasteiger partial charge is 0.0366 e. The molecule has 0 aromatic carbocycles. The minimum atomic E-state index is 0.0920. The third-order valence-electron chi connectivity index (χ3n) is 2.46. The van der Waals surface area contributed by atoms with Crippen LogP contribution in [0.25, 0.3) is 0 Å². The van der Waals surface area contributed by atoms with Crippen molar-refractivity contribution in [3.05, 3.63) is 11.6 Å². The molecule has 0 bridgehead atoms. The zero-order valence-electron chi connectivity index (χ0n) is 6.28. The number of rotatable bonds is 1. The first kappa shape index (κ1) is 6.81. The van der Waals surface area contributed by atoms with Crippen molar-refractivity contribution in [2.24, 2.45) is 5.73 Å². The zero-order valence-corrected chi connectivity index (χ0v) is 6.28. The van der Waals surface area contributed by atoms with Gasteiger partial charge in [-0.1, -0.05) is 11.6 Å². The molecular weight excluding hydrogens is 110 g/mol. The Balaban J connectivity index is 2.59. The summed E-state index contributed by atoms with van der Waals surface area (Å²) in [6.07, 6.45) is 5.80. The van der Waals surface area contributed by atoms with Gasteiger partial charge >= 0.3 is 0 Å². The van der Waals surface area contributed by atoms with E-state index in [1.807, 2.05) is 0 Å². The third kappa shape index (κ3) is 1.01. The Hall–Kier alpha value is -0.300. The number of nitrogens with two attached hydrogens (primary N) is 1. The molecule has 1 rings (SSSR count). The van der Waals surface area contributed by atoms with E-state index < -0.39 is 0 Å². The largest absolute Gasteiger partial charge is 0.322 e. The van der Waals surface area contributed by atoms with Crippen molar-refractivity contribution in [2.75, 3.05) is 0 Å². The topological polar surface area (TPSA) is 26.0 Å². The predicted molar refractivity (Wildman–Crippen MR) is 40.2 cm³/mol. The summed E-state index contributed by atoms with van der Waals surface area (Å²) in [6, 6.07) is 0. The molecule has 2 N–H and O–H groups in total. The molecule has 1 nitrogen and oxygen atoms in total. The summed E-state index contributed by atoms with van der Waals surface area (Å²) >= 11 is 0. The quantitative estimate of drug-likeness (QED) is 0.532. The lowest BCUT2D eigenvalue weighted by Gasteiger charge is -2.39. The van der Waals surface area contributed by atoms with Gasteiger partial charge in [-0.3, -0.25) is 0 Å². The first-order chi connectivity index (χ1) is 4.19. The molecule has 0 aromatic heterocycles. The molecule has 1 heteroatoms. The van der Waals surface area contributed by atoms with E-state index in [1.165, 1.54) is 24.8 Å². The summed E-state index contributed by atoms with van der Waals surface area (Å²) in [6.45, 7) is 4.18. The van der Waals surface area contributed by atoms with Crippen LogP contribution in [0.2, 0.25) is 0 Å². The van der Waals surface area contributed by atoms with Gasteiger partial charge in [-0.25, -0.2) is 0 Å². The first-order valence-electron chi connectivity index (χ1n) is 3.61. The minimum Gasteiger partial charge on any atom is -0.322 e. The van der Waals surface area contributed by atoms with Crippen LogP contribution >= 0.6 is 0 Å². The number of hydrogen-bond acceptors (Lipinski definition) is 1. The van der Waals surface area contributed by atoms with E-state index in [4.69, 9.17) is 5.73 Å². The maximum absolute atomic E-state index is 5.99. The van der Waals surface area contributed by atoms with Gasteiger partial charge in [-0.15, -0.1) is 0 Å². The Morgan fingerprint density at radius 2 is 2.11 bits per heavy atom.